The highest BCUT2D eigenvalue weighted by molar-refractivity contribution is 8.00. The third-order valence-corrected chi connectivity index (χ3v) is 5.45. The van der Waals surface area contributed by atoms with E-state index in [9.17, 15) is 9.59 Å². The summed E-state index contributed by atoms with van der Waals surface area (Å²) in [4.78, 5) is 25.9. The molecule has 0 heterocycles. The van der Waals surface area contributed by atoms with Crippen LogP contribution in [0.5, 0.6) is 11.5 Å². The summed E-state index contributed by atoms with van der Waals surface area (Å²) in [7, 11) is 3.01. The van der Waals surface area contributed by atoms with Crippen LogP contribution in [0.4, 0.5) is 11.4 Å². The third kappa shape index (κ3) is 6.02. The Labute approximate surface area is 186 Å². The second-order valence-electron chi connectivity index (χ2n) is 6.72. The largest absolute Gasteiger partial charge is 0.496 e. The molecular formula is C24H24N2O4S. The van der Waals surface area contributed by atoms with Crippen LogP contribution in [0.25, 0.3) is 0 Å². The molecule has 0 bridgehead atoms. The van der Waals surface area contributed by atoms with Gasteiger partial charge in [0.2, 0.25) is 5.91 Å². The van der Waals surface area contributed by atoms with E-state index in [2.05, 4.69) is 10.6 Å². The molecule has 0 saturated carbocycles. The van der Waals surface area contributed by atoms with Gasteiger partial charge in [0.05, 0.1) is 20.0 Å². The van der Waals surface area contributed by atoms with Crippen LogP contribution in [0.3, 0.4) is 0 Å². The Morgan fingerprint density at radius 1 is 0.839 bits per heavy atom. The van der Waals surface area contributed by atoms with Crippen molar-refractivity contribution in [1.82, 2.24) is 0 Å². The molecule has 3 aromatic carbocycles. The minimum Gasteiger partial charge on any atom is -0.496 e. The molecular weight excluding hydrogens is 412 g/mol. The van der Waals surface area contributed by atoms with Crippen LogP contribution in [-0.4, -0.2) is 31.8 Å². The lowest BCUT2D eigenvalue weighted by Gasteiger charge is -2.13. The predicted octanol–water partition coefficient (Wildman–Crippen LogP) is 5.00. The number of thioether (sulfide) groups is 1. The van der Waals surface area contributed by atoms with Gasteiger partial charge in [0.25, 0.3) is 5.91 Å². The fraction of sp³-hybridized carbons (Fsp3) is 0.167. The highest BCUT2D eigenvalue weighted by atomic mass is 32.2. The zero-order chi connectivity index (χ0) is 22.2. The maximum atomic E-state index is 12.8. The first-order valence-corrected chi connectivity index (χ1v) is 10.6. The summed E-state index contributed by atoms with van der Waals surface area (Å²) in [6, 6.07) is 20.1. The average molecular weight is 437 g/mol. The normalized spacial score (nSPS) is 10.3. The van der Waals surface area contributed by atoms with Crippen LogP contribution in [0, 0.1) is 6.92 Å². The van der Waals surface area contributed by atoms with Crippen LogP contribution in [-0.2, 0) is 4.79 Å². The molecule has 0 spiro atoms. The summed E-state index contributed by atoms with van der Waals surface area (Å²) < 4.78 is 10.6. The summed E-state index contributed by atoms with van der Waals surface area (Å²) in [5.74, 6) is 0.673. The van der Waals surface area contributed by atoms with Gasteiger partial charge in [-0.15, -0.1) is 11.8 Å². The number of anilines is 2. The first-order chi connectivity index (χ1) is 15.0. The number of rotatable bonds is 8. The van der Waals surface area contributed by atoms with E-state index in [0.717, 1.165) is 16.1 Å². The molecule has 3 rings (SSSR count). The van der Waals surface area contributed by atoms with E-state index < -0.39 is 0 Å². The molecule has 0 aliphatic rings. The maximum Gasteiger partial charge on any atom is 0.263 e. The van der Waals surface area contributed by atoms with Crippen molar-refractivity contribution in [2.45, 2.75) is 11.8 Å². The Morgan fingerprint density at radius 2 is 1.48 bits per heavy atom. The van der Waals surface area contributed by atoms with E-state index in [4.69, 9.17) is 9.47 Å². The zero-order valence-electron chi connectivity index (χ0n) is 17.6. The van der Waals surface area contributed by atoms with Gasteiger partial charge < -0.3 is 20.1 Å². The zero-order valence-corrected chi connectivity index (χ0v) is 18.4. The molecule has 2 N–H and O–H groups in total. The Morgan fingerprint density at radius 3 is 2.13 bits per heavy atom. The topological polar surface area (TPSA) is 76.7 Å². The van der Waals surface area contributed by atoms with Gasteiger partial charge in [-0.25, -0.2) is 0 Å². The number of nitrogens with one attached hydrogen (secondary N) is 2. The van der Waals surface area contributed by atoms with Crippen LogP contribution >= 0.6 is 11.8 Å². The number of carbonyl (C=O) groups excluding carboxylic acids is 2. The second-order valence-corrected chi connectivity index (χ2v) is 7.77. The molecule has 3 aromatic rings. The number of ether oxygens (including phenoxy) is 2. The van der Waals surface area contributed by atoms with Crippen molar-refractivity contribution in [3.8, 4) is 11.5 Å². The number of hydrogen-bond donors (Lipinski definition) is 2. The fourth-order valence-electron chi connectivity index (χ4n) is 2.92. The van der Waals surface area contributed by atoms with Crippen LogP contribution < -0.4 is 20.1 Å². The van der Waals surface area contributed by atoms with Crippen molar-refractivity contribution in [1.29, 1.82) is 0 Å². The second kappa shape index (κ2) is 10.5. The smallest absolute Gasteiger partial charge is 0.263 e. The standard InChI is InChI=1S/C24H24N2O4S/c1-16-10-12-17(13-11-16)25-22(27)15-31-19-7-4-6-18(14-19)26-24(28)23-20(29-2)8-5-9-21(23)30-3/h4-14H,15H2,1-3H3,(H,25,27)(H,26,28). The van der Waals surface area contributed by atoms with Crippen molar-refractivity contribution in [3.05, 3.63) is 77.9 Å². The van der Waals surface area contributed by atoms with Gasteiger partial charge in [-0.05, 0) is 49.4 Å². The molecule has 0 fully saturated rings. The van der Waals surface area contributed by atoms with Crippen molar-refractivity contribution in [2.75, 3.05) is 30.6 Å². The Bertz CT molecular complexity index is 1050. The molecule has 0 unspecified atom stereocenters. The Kier molecular flexibility index (Phi) is 7.56. The summed E-state index contributed by atoms with van der Waals surface area (Å²) >= 11 is 1.39. The maximum absolute atomic E-state index is 12.8. The number of benzene rings is 3. The summed E-state index contributed by atoms with van der Waals surface area (Å²) in [5, 5.41) is 5.74. The van der Waals surface area contributed by atoms with Crippen LogP contribution in [0.2, 0.25) is 0 Å². The van der Waals surface area contributed by atoms with Gasteiger partial charge in [-0.3, -0.25) is 9.59 Å². The number of carbonyl (C=O) groups is 2. The van der Waals surface area contributed by atoms with Gasteiger partial charge in [-0.2, -0.15) is 0 Å². The minimum absolute atomic E-state index is 0.0953. The molecule has 0 aromatic heterocycles. The quantitative estimate of drug-likeness (QED) is 0.486. The van der Waals surface area contributed by atoms with E-state index in [0.29, 0.717) is 22.7 Å². The Balaban J connectivity index is 1.63. The summed E-state index contributed by atoms with van der Waals surface area (Å²) in [5.41, 5.74) is 2.84. The molecule has 160 valence electrons. The molecule has 0 saturated heterocycles. The molecule has 6 nitrogen and oxygen atoms in total. The molecule has 31 heavy (non-hydrogen) atoms. The van der Waals surface area contributed by atoms with Crippen molar-refractivity contribution >= 4 is 35.0 Å². The fourth-order valence-corrected chi connectivity index (χ4v) is 3.67. The number of aryl methyl sites for hydroxylation is 1. The van der Waals surface area contributed by atoms with Crippen molar-refractivity contribution in [3.63, 3.8) is 0 Å². The highest BCUT2D eigenvalue weighted by Crippen LogP contribution is 2.29. The lowest BCUT2D eigenvalue weighted by Crippen LogP contribution is -2.15. The predicted molar refractivity (Wildman–Crippen MR) is 124 cm³/mol. The average Bonchev–Trinajstić information content (AvgIpc) is 2.78. The molecule has 0 atom stereocenters. The molecule has 2 amide bonds. The van der Waals surface area contributed by atoms with Crippen molar-refractivity contribution in [2.24, 2.45) is 0 Å². The van der Waals surface area contributed by atoms with Crippen LogP contribution in [0.1, 0.15) is 15.9 Å². The van der Waals surface area contributed by atoms with E-state index in [1.807, 2.05) is 49.4 Å². The number of methoxy groups -OCH3 is 2. The van der Waals surface area contributed by atoms with Crippen molar-refractivity contribution < 1.29 is 19.1 Å². The SMILES string of the molecule is COc1cccc(OC)c1C(=O)Nc1cccc(SCC(=O)Nc2ccc(C)cc2)c1. The van der Waals surface area contributed by atoms with Gasteiger partial charge in [-0.1, -0.05) is 29.8 Å². The number of hydrogen-bond acceptors (Lipinski definition) is 5. The minimum atomic E-state index is -0.339. The lowest BCUT2D eigenvalue weighted by atomic mass is 10.1. The summed E-state index contributed by atoms with van der Waals surface area (Å²) in [6.07, 6.45) is 0. The monoisotopic (exact) mass is 436 g/mol. The van der Waals surface area contributed by atoms with Gasteiger partial charge in [0.1, 0.15) is 17.1 Å². The van der Waals surface area contributed by atoms with Gasteiger partial charge in [0.15, 0.2) is 0 Å². The molecule has 7 heteroatoms. The van der Waals surface area contributed by atoms with E-state index in [-0.39, 0.29) is 17.6 Å². The molecule has 0 radical (unpaired) electrons. The van der Waals surface area contributed by atoms with Crippen LogP contribution in [0.15, 0.2) is 71.6 Å². The third-order valence-electron chi connectivity index (χ3n) is 4.45. The first-order valence-electron chi connectivity index (χ1n) is 9.62. The van der Waals surface area contributed by atoms with Gasteiger partial charge >= 0.3 is 0 Å². The van der Waals surface area contributed by atoms with Gasteiger partial charge in [0, 0.05) is 16.3 Å². The number of amides is 2. The highest BCUT2D eigenvalue weighted by Gasteiger charge is 2.18. The van der Waals surface area contributed by atoms with E-state index in [1.165, 1.54) is 26.0 Å². The van der Waals surface area contributed by atoms with E-state index in [1.54, 1.807) is 24.3 Å². The molecule has 0 aliphatic heterocycles. The first kappa shape index (κ1) is 22.2. The van der Waals surface area contributed by atoms with E-state index >= 15 is 0 Å². The lowest BCUT2D eigenvalue weighted by molar-refractivity contribution is -0.113. The Hall–Kier alpha value is -3.45. The molecule has 0 aliphatic carbocycles. The summed E-state index contributed by atoms with van der Waals surface area (Å²) in [6.45, 7) is 2.00.